The fourth-order valence-corrected chi connectivity index (χ4v) is 2.98. The lowest BCUT2D eigenvalue weighted by molar-refractivity contribution is -0.126. The van der Waals surface area contributed by atoms with E-state index in [1.807, 2.05) is 10.8 Å². The Kier molecular flexibility index (Phi) is 5.11. The van der Waals surface area contributed by atoms with Gasteiger partial charge in [-0.3, -0.25) is 9.59 Å². The minimum Gasteiger partial charge on any atom is -0.356 e. The van der Waals surface area contributed by atoms with Crippen molar-refractivity contribution in [1.82, 2.24) is 14.9 Å². The molecule has 1 aliphatic heterocycles. The van der Waals surface area contributed by atoms with E-state index >= 15 is 0 Å². The lowest BCUT2D eigenvalue weighted by Gasteiger charge is -2.17. The Labute approximate surface area is 145 Å². The van der Waals surface area contributed by atoms with E-state index < -0.39 is 11.7 Å². The molecule has 0 spiro atoms. The molecule has 2 heterocycles. The van der Waals surface area contributed by atoms with Crippen LogP contribution in [-0.2, 0) is 16.1 Å². The monoisotopic (exact) mass is 344 g/mol. The second-order valence-corrected chi connectivity index (χ2v) is 6.31. The van der Waals surface area contributed by atoms with Crippen LogP contribution in [-0.4, -0.2) is 34.5 Å². The van der Waals surface area contributed by atoms with Crippen molar-refractivity contribution < 1.29 is 14.0 Å². The van der Waals surface area contributed by atoms with E-state index in [1.165, 1.54) is 11.0 Å². The first-order chi connectivity index (χ1) is 12.0. The average molecular weight is 344 g/mol. The number of imidazole rings is 1. The van der Waals surface area contributed by atoms with Crippen LogP contribution in [0.2, 0.25) is 0 Å². The van der Waals surface area contributed by atoms with Gasteiger partial charge in [-0.15, -0.1) is 0 Å². The molecule has 2 aromatic rings. The molecule has 1 aliphatic rings. The quantitative estimate of drug-likeness (QED) is 0.814. The number of aryl methyl sites for hydroxylation is 2. The maximum atomic E-state index is 14.1. The van der Waals surface area contributed by atoms with Crippen molar-refractivity contribution in [3.8, 4) is 0 Å². The van der Waals surface area contributed by atoms with Crippen LogP contribution < -0.4 is 10.2 Å². The molecular weight excluding hydrogens is 323 g/mol. The van der Waals surface area contributed by atoms with Gasteiger partial charge in [-0.2, -0.15) is 0 Å². The zero-order valence-electron chi connectivity index (χ0n) is 14.1. The fourth-order valence-electron chi connectivity index (χ4n) is 2.98. The highest BCUT2D eigenvalue weighted by Crippen LogP contribution is 2.28. The molecule has 0 saturated carbocycles. The largest absolute Gasteiger partial charge is 0.356 e. The summed E-state index contributed by atoms with van der Waals surface area (Å²) in [6, 6.07) is 4.75. The molecule has 0 bridgehead atoms. The van der Waals surface area contributed by atoms with Crippen LogP contribution in [0.1, 0.15) is 18.4 Å². The zero-order chi connectivity index (χ0) is 17.8. The van der Waals surface area contributed by atoms with Gasteiger partial charge in [-0.1, -0.05) is 6.07 Å². The maximum absolute atomic E-state index is 14.1. The number of nitrogens with one attached hydrogen (secondary N) is 1. The summed E-state index contributed by atoms with van der Waals surface area (Å²) >= 11 is 0. The molecule has 1 aromatic heterocycles. The predicted molar refractivity (Wildman–Crippen MR) is 91.5 cm³/mol. The summed E-state index contributed by atoms with van der Waals surface area (Å²) in [5.41, 5.74) is 1.03. The number of amides is 2. The molecule has 1 saturated heterocycles. The summed E-state index contributed by atoms with van der Waals surface area (Å²) < 4.78 is 16.0. The van der Waals surface area contributed by atoms with Gasteiger partial charge in [0.25, 0.3) is 0 Å². The molecule has 1 fully saturated rings. The Hall–Kier alpha value is -2.70. The van der Waals surface area contributed by atoms with E-state index in [9.17, 15) is 14.0 Å². The molecule has 6 nitrogen and oxygen atoms in total. The highest BCUT2D eigenvalue weighted by molar-refractivity contribution is 6.00. The van der Waals surface area contributed by atoms with Gasteiger partial charge in [0.05, 0.1) is 17.9 Å². The van der Waals surface area contributed by atoms with Crippen molar-refractivity contribution in [2.45, 2.75) is 26.3 Å². The van der Waals surface area contributed by atoms with Crippen molar-refractivity contribution in [2.75, 3.05) is 18.0 Å². The van der Waals surface area contributed by atoms with E-state index in [2.05, 4.69) is 10.3 Å². The zero-order valence-corrected chi connectivity index (χ0v) is 14.1. The summed E-state index contributed by atoms with van der Waals surface area (Å²) in [5, 5.41) is 2.86. The molecule has 0 radical (unpaired) electrons. The Balaban J connectivity index is 1.52. The molecule has 1 atom stereocenters. The maximum Gasteiger partial charge on any atom is 0.227 e. The standard InChI is InChI=1S/C18H21FN4O2/c1-13-3-4-16(15(19)9-13)23-11-14(10-17(23)24)18(25)21-5-2-7-22-8-6-20-12-22/h3-4,6,8-9,12,14H,2,5,7,10-11H2,1H3,(H,21,25)/t14-/m0/s1. The van der Waals surface area contributed by atoms with Gasteiger partial charge in [-0.25, -0.2) is 9.37 Å². The normalized spacial score (nSPS) is 17.1. The number of halogens is 1. The number of rotatable bonds is 6. The Bertz CT molecular complexity index is 760. The summed E-state index contributed by atoms with van der Waals surface area (Å²) in [7, 11) is 0. The van der Waals surface area contributed by atoms with Crippen LogP contribution in [0.15, 0.2) is 36.9 Å². The van der Waals surface area contributed by atoms with Gasteiger partial charge in [0.2, 0.25) is 11.8 Å². The molecule has 3 rings (SSSR count). The number of carbonyl (C=O) groups excluding carboxylic acids is 2. The second kappa shape index (κ2) is 7.46. The van der Waals surface area contributed by atoms with Crippen molar-refractivity contribution in [3.63, 3.8) is 0 Å². The third-order valence-electron chi connectivity index (χ3n) is 4.34. The van der Waals surface area contributed by atoms with E-state index in [0.717, 1.165) is 18.5 Å². The van der Waals surface area contributed by atoms with Gasteiger partial charge < -0.3 is 14.8 Å². The lowest BCUT2D eigenvalue weighted by atomic mass is 10.1. The van der Waals surface area contributed by atoms with Crippen LogP contribution in [0.5, 0.6) is 0 Å². The van der Waals surface area contributed by atoms with E-state index in [1.54, 1.807) is 31.6 Å². The Morgan fingerprint density at radius 1 is 1.44 bits per heavy atom. The van der Waals surface area contributed by atoms with E-state index in [-0.39, 0.29) is 30.5 Å². The van der Waals surface area contributed by atoms with Gasteiger partial charge >= 0.3 is 0 Å². The molecular formula is C18H21FN4O2. The summed E-state index contributed by atoms with van der Waals surface area (Å²) in [6.45, 7) is 3.30. The molecule has 1 aromatic carbocycles. The molecule has 7 heteroatoms. The Morgan fingerprint density at radius 2 is 2.28 bits per heavy atom. The molecule has 0 aliphatic carbocycles. The van der Waals surface area contributed by atoms with E-state index in [4.69, 9.17) is 0 Å². The Morgan fingerprint density at radius 3 is 3.00 bits per heavy atom. The number of anilines is 1. The van der Waals surface area contributed by atoms with Crippen molar-refractivity contribution >= 4 is 17.5 Å². The number of nitrogens with zero attached hydrogens (tertiary/aromatic N) is 3. The van der Waals surface area contributed by atoms with Crippen molar-refractivity contribution in [3.05, 3.63) is 48.3 Å². The van der Waals surface area contributed by atoms with Crippen LogP contribution >= 0.6 is 0 Å². The van der Waals surface area contributed by atoms with Gasteiger partial charge in [0, 0.05) is 38.4 Å². The smallest absolute Gasteiger partial charge is 0.227 e. The second-order valence-electron chi connectivity index (χ2n) is 6.31. The first-order valence-corrected chi connectivity index (χ1v) is 8.34. The van der Waals surface area contributed by atoms with Gasteiger partial charge in [-0.05, 0) is 31.0 Å². The molecule has 2 amide bonds. The lowest BCUT2D eigenvalue weighted by Crippen LogP contribution is -2.34. The average Bonchev–Trinajstić information content (AvgIpc) is 3.21. The highest BCUT2D eigenvalue weighted by atomic mass is 19.1. The number of hydrogen-bond acceptors (Lipinski definition) is 3. The SMILES string of the molecule is Cc1ccc(N2C[C@@H](C(=O)NCCCn3ccnc3)CC2=O)c(F)c1. The van der Waals surface area contributed by atoms with Gasteiger partial charge in [0.1, 0.15) is 5.82 Å². The van der Waals surface area contributed by atoms with Crippen LogP contribution in [0.25, 0.3) is 0 Å². The predicted octanol–water partition coefficient (Wildman–Crippen LogP) is 1.89. The topological polar surface area (TPSA) is 67.2 Å². The minimum absolute atomic E-state index is 0.112. The highest BCUT2D eigenvalue weighted by Gasteiger charge is 2.35. The molecule has 0 unspecified atom stereocenters. The molecule has 1 N–H and O–H groups in total. The first-order valence-electron chi connectivity index (χ1n) is 8.34. The van der Waals surface area contributed by atoms with Crippen LogP contribution in [0, 0.1) is 18.7 Å². The number of hydrogen-bond donors (Lipinski definition) is 1. The summed E-state index contributed by atoms with van der Waals surface area (Å²) in [5.74, 6) is -1.26. The molecule has 132 valence electrons. The van der Waals surface area contributed by atoms with Crippen LogP contribution in [0.3, 0.4) is 0 Å². The number of carbonyl (C=O) groups is 2. The van der Waals surface area contributed by atoms with E-state index in [0.29, 0.717) is 6.54 Å². The minimum atomic E-state index is -0.443. The van der Waals surface area contributed by atoms with Crippen LogP contribution in [0.4, 0.5) is 10.1 Å². The number of aromatic nitrogens is 2. The number of benzene rings is 1. The third-order valence-corrected chi connectivity index (χ3v) is 4.34. The summed E-state index contributed by atoms with van der Waals surface area (Å²) in [6.07, 6.45) is 6.19. The summed E-state index contributed by atoms with van der Waals surface area (Å²) in [4.78, 5) is 29.8. The van der Waals surface area contributed by atoms with Gasteiger partial charge in [0.15, 0.2) is 0 Å². The first kappa shape index (κ1) is 17.1. The molecule has 25 heavy (non-hydrogen) atoms. The van der Waals surface area contributed by atoms with Crippen molar-refractivity contribution in [1.29, 1.82) is 0 Å². The fraction of sp³-hybridized carbons (Fsp3) is 0.389. The third kappa shape index (κ3) is 4.04. The van der Waals surface area contributed by atoms with Crippen molar-refractivity contribution in [2.24, 2.45) is 5.92 Å².